The van der Waals surface area contributed by atoms with Gasteiger partial charge in [-0.15, -0.1) is 0 Å². The minimum Gasteiger partial charge on any atom is -0.494 e. The van der Waals surface area contributed by atoms with E-state index >= 15 is 0 Å². The van der Waals surface area contributed by atoms with Crippen LogP contribution in [0.2, 0.25) is 0 Å². The van der Waals surface area contributed by atoms with E-state index in [9.17, 15) is 33.9 Å². The molecule has 406 valence electrons. The molecule has 6 N–H and O–H groups in total. The molecule has 0 bridgehead atoms. The number of likely N-dealkylation sites (tertiary alicyclic amines) is 1. The molecule has 2 fully saturated rings. The number of amides is 6. The minimum atomic E-state index is -0.972. The fraction of sp³-hybridized carbons (Fsp3) is 0.446. The maximum Gasteiger partial charge on any atom is 0.407 e. The second kappa shape index (κ2) is 24.0. The summed E-state index contributed by atoms with van der Waals surface area (Å²) < 4.78 is 23.5. The highest BCUT2D eigenvalue weighted by Gasteiger charge is 2.49. The molecule has 4 aliphatic rings. The van der Waals surface area contributed by atoms with Gasteiger partial charge in [0.1, 0.15) is 29.7 Å². The van der Waals surface area contributed by atoms with Crippen LogP contribution in [-0.2, 0) is 35.9 Å². The van der Waals surface area contributed by atoms with E-state index in [1.165, 1.54) is 9.80 Å². The predicted molar refractivity (Wildman–Crippen MR) is 282 cm³/mol. The van der Waals surface area contributed by atoms with Gasteiger partial charge in [0.25, 0.3) is 11.8 Å². The normalized spacial score (nSPS) is 20.1. The zero-order valence-electron chi connectivity index (χ0n) is 43.6. The standard InChI is InChI=1S/C56H66N10O11/c1-55(2,3)46-32-56(21-24-65(46)54(72)73,53-61-49(63-64-53)35-18-22-57-23-19-35)62-37-11-7-10-36(30-37)50(69)59-43-20-29-77-45-16-14-38(31-40(43)45)76-28-6-4-5-25-74-26-9-27-75-34-48(68)58-42-13-8-12-39-41(42)33-66(52(39)71)44-15-17-47(67)60-51(44)70/h7-8,10-14,16,18-19,22-23,30-31,43-44,46,62H,4-6,9,15,17,20-21,24-29,32-34H2,1-3H3,(H,58,68)(H,59,69)(H,72,73)(H,60,67,70)(H,61,63,64)/t43-,44?,46?,56?/m1/s1. The first-order chi connectivity index (χ1) is 37.2. The Morgan fingerprint density at radius 3 is 2.51 bits per heavy atom. The fourth-order valence-electron chi connectivity index (χ4n) is 10.5. The van der Waals surface area contributed by atoms with Crippen molar-refractivity contribution in [2.75, 3.05) is 56.8 Å². The SMILES string of the molecule is CC(C)(C)C1CC(Nc2cccc(C(=O)N[C@@H]3CCOc4ccc(OCCCCCOCCCOCC(=O)Nc5cccc6c5CN(C5CCC(=O)NC5=O)C6=O)cc43)c2)(c2nc(-c3ccncc3)n[nH]2)CCN1C(=O)O. The van der Waals surface area contributed by atoms with E-state index in [2.05, 4.69) is 36.4 Å². The maximum atomic E-state index is 14.1. The van der Waals surface area contributed by atoms with Crippen LogP contribution in [-0.4, -0.2) is 129 Å². The average Bonchev–Trinajstić information content (AvgIpc) is 4.12. The molecule has 9 rings (SSSR count). The van der Waals surface area contributed by atoms with Gasteiger partial charge in [0.15, 0.2) is 11.6 Å². The number of imide groups is 1. The largest absolute Gasteiger partial charge is 0.494 e. The summed E-state index contributed by atoms with van der Waals surface area (Å²) in [6, 6.07) is 20.3. The van der Waals surface area contributed by atoms with E-state index in [4.69, 9.17) is 23.9 Å². The molecule has 4 aliphatic heterocycles. The molecular formula is C56H66N10O11. The average molecular weight is 1060 g/mol. The second-order valence-corrected chi connectivity index (χ2v) is 20.9. The van der Waals surface area contributed by atoms with E-state index in [1.54, 1.807) is 36.7 Å². The molecule has 21 heteroatoms. The molecule has 21 nitrogen and oxygen atoms in total. The fourth-order valence-corrected chi connectivity index (χ4v) is 10.5. The molecule has 0 radical (unpaired) electrons. The Balaban J connectivity index is 0.702. The number of anilines is 2. The third-order valence-electron chi connectivity index (χ3n) is 14.5. The maximum absolute atomic E-state index is 14.1. The highest BCUT2D eigenvalue weighted by molar-refractivity contribution is 6.07. The predicted octanol–water partition coefficient (Wildman–Crippen LogP) is 6.99. The van der Waals surface area contributed by atoms with Crippen molar-refractivity contribution < 1.29 is 52.8 Å². The molecule has 5 aromatic rings. The summed E-state index contributed by atoms with van der Waals surface area (Å²) in [4.78, 5) is 88.4. The van der Waals surface area contributed by atoms with Crippen molar-refractivity contribution in [1.29, 1.82) is 0 Å². The van der Waals surface area contributed by atoms with Crippen LogP contribution >= 0.6 is 0 Å². The Kier molecular flexibility index (Phi) is 16.8. The molecule has 3 aromatic carbocycles. The molecule has 3 unspecified atom stereocenters. The first-order valence-corrected chi connectivity index (χ1v) is 26.3. The third kappa shape index (κ3) is 12.9. The first kappa shape index (κ1) is 53.9. The van der Waals surface area contributed by atoms with Crippen molar-refractivity contribution in [2.45, 2.75) is 109 Å². The molecular weight excluding hydrogens is 989 g/mol. The Morgan fingerprint density at radius 2 is 1.70 bits per heavy atom. The van der Waals surface area contributed by atoms with Gasteiger partial charge in [0.2, 0.25) is 17.7 Å². The van der Waals surface area contributed by atoms with Crippen molar-refractivity contribution in [3.05, 3.63) is 113 Å². The Labute approximate surface area is 446 Å². The number of rotatable bonds is 21. The van der Waals surface area contributed by atoms with Gasteiger partial charge in [-0.25, -0.2) is 9.78 Å². The number of nitrogens with zero attached hydrogens (tertiary/aromatic N) is 5. The number of fused-ring (bicyclic) bond motifs is 2. The quantitative estimate of drug-likeness (QED) is 0.0319. The van der Waals surface area contributed by atoms with Crippen LogP contribution in [0, 0.1) is 5.41 Å². The van der Waals surface area contributed by atoms with Crippen LogP contribution in [0.3, 0.4) is 0 Å². The lowest BCUT2D eigenvalue weighted by atomic mass is 9.73. The number of aromatic nitrogens is 4. The molecule has 4 atom stereocenters. The number of carboxylic acid groups (broad SMARTS) is 1. The summed E-state index contributed by atoms with van der Waals surface area (Å²) in [5.74, 6) is 0.651. The van der Waals surface area contributed by atoms with Gasteiger partial charge >= 0.3 is 6.09 Å². The summed E-state index contributed by atoms with van der Waals surface area (Å²) >= 11 is 0. The van der Waals surface area contributed by atoms with Crippen molar-refractivity contribution in [3.63, 3.8) is 0 Å². The zero-order valence-corrected chi connectivity index (χ0v) is 43.6. The molecule has 0 saturated carbocycles. The van der Waals surface area contributed by atoms with Crippen molar-refractivity contribution in [2.24, 2.45) is 5.41 Å². The van der Waals surface area contributed by atoms with Gasteiger partial charge < -0.3 is 49.8 Å². The Bertz CT molecular complexity index is 2960. The molecule has 77 heavy (non-hydrogen) atoms. The molecule has 2 aromatic heterocycles. The van der Waals surface area contributed by atoms with Crippen LogP contribution in [0.5, 0.6) is 11.5 Å². The molecule has 0 spiro atoms. The number of aromatic amines is 1. The number of hydrogen-bond acceptors (Lipinski definition) is 14. The van der Waals surface area contributed by atoms with E-state index in [-0.39, 0.29) is 68.3 Å². The van der Waals surface area contributed by atoms with Crippen molar-refractivity contribution >= 4 is 47.0 Å². The van der Waals surface area contributed by atoms with E-state index < -0.39 is 29.0 Å². The number of unbranched alkanes of at least 4 members (excludes halogenated alkanes) is 2. The summed E-state index contributed by atoms with van der Waals surface area (Å²) in [5, 5.41) is 30.0. The molecule has 0 aliphatic carbocycles. The number of pyridine rings is 1. The van der Waals surface area contributed by atoms with Gasteiger partial charge in [-0.05, 0) is 111 Å². The topological polar surface area (TPSA) is 269 Å². The number of benzene rings is 3. The Hall–Kier alpha value is -7.91. The van der Waals surface area contributed by atoms with Crippen LogP contribution in [0.15, 0.2) is 85.2 Å². The summed E-state index contributed by atoms with van der Waals surface area (Å²) in [6.45, 7) is 8.66. The molecule has 6 amide bonds. The van der Waals surface area contributed by atoms with Gasteiger partial charge in [0, 0.05) is 103 Å². The van der Waals surface area contributed by atoms with E-state index in [0.29, 0.717) is 110 Å². The smallest absolute Gasteiger partial charge is 0.407 e. The molecule has 2 saturated heterocycles. The highest BCUT2D eigenvalue weighted by Crippen LogP contribution is 2.44. The highest BCUT2D eigenvalue weighted by atomic mass is 16.5. The number of piperidine rings is 2. The second-order valence-electron chi connectivity index (χ2n) is 20.9. The van der Waals surface area contributed by atoms with E-state index in [0.717, 1.165) is 30.4 Å². The number of hydrogen-bond donors (Lipinski definition) is 6. The van der Waals surface area contributed by atoms with Gasteiger partial charge in [-0.3, -0.25) is 39.4 Å². The number of nitrogens with one attached hydrogen (secondary N) is 5. The van der Waals surface area contributed by atoms with Crippen LogP contribution in [0.25, 0.3) is 11.4 Å². The van der Waals surface area contributed by atoms with Gasteiger partial charge in [-0.2, -0.15) is 5.10 Å². The van der Waals surface area contributed by atoms with Gasteiger partial charge in [-0.1, -0.05) is 32.9 Å². The molecule has 6 heterocycles. The number of carbonyl (C=O) groups is 6. The van der Waals surface area contributed by atoms with Gasteiger partial charge in [0.05, 0.1) is 19.3 Å². The lowest BCUT2D eigenvalue weighted by Gasteiger charge is -2.49. The van der Waals surface area contributed by atoms with E-state index in [1.807, 2.05) is 69.3 Å². The third-order valence-corrected chi connectivity index (χ3v) is 14.5. The lowest BCUT2D eigenvalue weighted by Crippen LogP contribution is -2.58. The first-order valence-electron chi connectivity index (χ1n) is 26.3. The summed E-state index contributed by atoms with van der Waals surface area (Å²) in [5.41, 5.74) is 3.02. The number of carbonyl (C=O) groups excluding carboxylic acids is 5. The van der Waals surface area contributed by atoms with Crippen LogP contribution < -0.4 is 30.7 Å². The zero-order chi connectivity index (χ0) is 54.1. The minimum absolute atomic E-state index is 0.152. The van der Waals surface area contributed by atoms with Crippen molar-refractivity contribution in [3.8, 4) is 22.9 Å². The lowest BCUT2D eigenvalue weighted by molar-refractivity contribution is -0.137. The summed E-state index contributed by atoms with van der Waals surface area (Å²) in [6.07, 6.45) is 7.32. The van der Waals surface area contributed by atoms with Crippen molar-refractivity contribution in [1.82, 2.24) is 40.6 Å². The van der Waals surface area contributed by atoms with Crippen LogP contribution in [0.4, 0.5) is 16.2 Å². The summed E-state index contributed by atoms with van der Waals surface area (Å²) in [7, 11) is 0. The van der Waals surface area contributed by atoms with Crippen LogP contribution in [0.1, 0.15) is 122 Å². The number of ether oxygens (including phenoxy) is 4. The monoisotopic (exact) mass is 1050 g/mol. The Morgan fingerprint density at radius 1 is 0.909 bits per heavy atom. The number of H-pyrrole nitrogens is 1.